The lowest BCUT2D eigenvalue weighted by Gasteiger charge is -2.21. The van der Waals surface area contributed by atoms with E-state index in [0.717, 1.165) is 4.47 Å². The highest BCUT2D eigenvalue weighted by molar-refractivity contribution is 9.10. The van der Waals surface area contributed by atoms with E-state index < -0.39 is 24.0 Å². The van der Waals surface area contributed by atoms with Gasteiger partial charge in [0.2, 0.25) is 0 Å². The maximum Gasteiger partial charge on any atom is 0.319 e. The molecule has 0 saturated heterocycles. The number of ether oxygens (including phenoxy) is 1. The number of benzene rings is 1. The molecule has 1 aromatic carbocycles. The van der Waals surface area contributed by atoms with Crippen molar-refractivity contribution in [3.63, 3.8) is 0 Å². The van der Waals surface area contributed by atoms with Crippen LogP contribution in [0, 0.1) is 0 Å². The lowest BCUT2D eigenvalue weighted by molar-refractivity contribution is -0.141. The van der Waals surface area contributed by atoms with Crippen LogP contribution >= 0.6 is 15.9 Å². The van der Waals surface area contributed by atoms with E-state index in [2.05, 4.69) is 26.6 Å². The van der Waals surface area contributed by atoms with Crippen molar-refractivity contribution in [2.24, 2.45) is 0 Å². The molecule has 0 radical (unpaired) electrons. The highest BCUT2D eigenvalue weighted by Gasteiger charge is 2.24. The third kappa shape index (κ3) is 6.01. The Bertz CT molecular complexity index is 533. The molecule has 0 aliphatic heterocycles. The maximum atomic E-state index is 11.7. The Balaban J connectivity index is 2.56. The summed E-state index contributed by atoms with van der Waals surface area (Å²) in [6.45, 7) is 1.16. The minimum Gasteiger partial charge on any atom is -0.495 e. The fourth-order valence-corrected chi connectivity index (χ4v) is 1.98. The molecule has 0 bridgehead atoms. The third-order valence-corrected chi connectivity index (χ3v) is 3.23. The van der Waals surface area contributed by atoms with E-state index in [-0.39, 0.29) is 6.54 Å². The van der Waals surface area contributed by atoms with E-state index in [1.807, 2.05) is 0 Å². The molecule has 0 aromatic heterocycles. The summed E-state index contributed by atoms with van der Waals surface area (Å²) in [5.74, 6) is -0.578. The number of aliphatic carboxylic acids is 1. The quantitative estimate of drug-likeness (QED) is 0.618. The second-order valence-electron chi connectivity index (χ2n) is 4.72. The topological polar surface area (TPSA) is 108 Å². The van der Waals surface area contributed by atoms with E-state index in [9.17, 15) is 14.7 Å². The normalized spacial score (nSPS) is 13.1. The van der Waals surface area contributed by atoms with Crippen molar-refractivity contribution in [2.45, 2.75) is 18.9 Å². The molecular formula is C13H17BrN2O5. The van der Waals surface area contributed by atoms with Crippen LogP contribution in [0.25, 0.3) is 0 Å². The Morgan fingerprint density at radius 2 is 2.10 bits per heavy atom. The zero-order valence-electron chi connectivity index (χ0n) is 11.6. The van der Waals surface area contributed by atoms with Crippen LogP contribution in [0.2, 0.25) is 0 Å². The van der Waals surface area contributed by atoms with E-state index in [0.29, 0.717) is 11.4 Å². The number of carboxylic acid groups (broad SMARTS) is 1. The Morgan fingerprint density at radius 1 is 1.43 bits per heavy atom. The van der Waals surface area contributed by atoms with Crippen molar-refractivity contribution in [3.05, 3.63) is 22.7 Å². The predicted octanol–water partition coefficient (Wildman–Crippen LogP) is 1.80. The smallest absolute Gasteiger partial charge is 0.319 e. The number of aliphatic hydroxyl groups is 1. The van der Waals surface area contributed by atoms with Crippen LogP contribution in [-0.4, -0.2) is 41.5 Å². The van der Waals surface area contributed by atoms with Crippen molar-refractivity contribution in [1.82, 2.24) is 5.32 Å². The Kier molecular flexibility index (Phi) is 5.98. The first kappa shape index (κ1) is 17.3. The highest BCUT2D eigenvalue weighted by atomic mass is 79.9. The number of carboxylic acids is 1. The Hall–Kier alpha value is -1.80. The van der Waals surface area contributed by atoms with Gasteiger partial charge in [-0.05, 0) is 35.0 Å². The number of halogens is 1. The SMILES string of the molecule is COc1cc(NC(=O)NCC(C)(O)CC(=O)O)ccc1Br. The molecule has 0 saturated carbocycles. The van der Waals surface area contributed by atoms with E-state index in [1.165, 1.54) is 14.0 Å². The van der Waals surface area contributed by atoms with Crippen LogP contribution < -0.4 is 15.4 Å². The first-order valence-electron chi connectivity index (χ1n) is 6.06. The number of hydrogen-bond acceptors (Lipinski definition) is 4. The molecule has 2 amide bonds. The van der Waals surface area contributed by atoms with E-state index in [1.54, 1.807) is 18.2 Å². The first-order valence-corrected chi connectivity index (χ1v) is 6.85. The second-order valence-corrected chi connectivity index (χ2v) is 5.58. The van der Waals surface area contributed by atoms with E-state index in [4.69, 9.17) is 9.84 Å². The number of hydrogen-bond donors (Lipinski definition) is 4. The molecule has 0 heterocycles. The van der Waals surface area contributed by atoms with Crippen LogP contribution in [0.1, 0.15) is 13.3 Å². The molecule has 116 valence electrons. The zero-order chi connectivity index (χ0) is 16.0. The molecule has 1 aromatic rings. The standard InChI is InChI=1S/C13H17BrN2O5/c1-13(20,6-11(17)18)7-15-12(19)16-8-3-4-9(14)10(5-8)21-2/h3-5,20H,6-7H2,1-2H3,(H,17,18)(H2,15,16,19). The third-order valence-electron chi connectivity index (χ3n) is 2.57. The van der Waals surface area contributed by atoms with Crippen molar-refractivity contribution in [3.8, 4) is 5.75 Å². The zero-order valence-corrected chi connectivity index (χ0v) is 13.2. The van der Waals surface area contributed by atoms with E-state index >= 15 is 0 Å². The van der Waals surface area contributed by atoms with Gasteiger partial charge in [0.1, 0.15) is 5.75 Å². The van der Waals surface area contributed by atoms with Crippen molar-refractivity contribution in [2.75, 3.05) is 19.0 Å². The molecule has 0 fully saturated rings. The molecule has 8 heteroatoms. The van der Waals surface area contributed by atoms with Gasteiger partial charge >= 0.3 is 12.0 Å². The number of urea groups is 1. The lowest BCUT2D eigenvalue weighted by atomic mass is 10.0. The molecule has 21 heavy (non-hydrogen) atoms. The van der Waals surface area contributed by atoms with Gasteiger partial charge in [0.25, 0.3) is 0 Å². The minimum absolute atomic E-state index is 0.182. The fourth-order valence-electron chi connectivity index (χ4n) is 1.57. The molecule has 0 aliphatic carbocycles. The second kappa shape index (κ2) is 7.28. The maximum absolute atomic E-state index is 11.7. The fraction of sp³-hybridized carbons (Fsp3) is 0.385. The van der Waals surface area contributed by atoms with Crippen LogP contribution in [0.4, 0.5) is 10.5 Å². The van der Waals surface area contributed by atoms with Gasteiger partial charge in [-0.3, -0.25) is 4.79 Å². The minimum atomic E-state index is -1.51. The Labute approximate surface area is 130 Å². The lowest BCUT2D eigenvalue weighted by Crippen LogP contribution is -2.43. The molecular weight excluding hydrogens is 344 g/mol. The number of anilines is 1. The van der Waals surface area contributed by atoms with Crippen LogP contribution in [0.15, 0.2) is 22.7 Å². The number of nitrogens with one attached hydrogen (secondary N) is 2. The van der Waals surface area contributed by atoms with Crippen LogP contribution in [0.3, 0.4) is 0 Å². The summed E-state index contributed by atoms with van der Waals surface area (Å²) >= 11 is 3.29. The largest absolute Gasteiger partial charge is 0.495 e. The summed E-state index contributed by atoms with van der Waals surface area (Å²) < 4.78 is 5.85. The summed E-state index contributed by atoms with van der Waals surface area (Å²) in [7, 11) is 1.51. The molecule has 4 N–H and O–H groups in total. The summed E-state index contributed by atoms with van der Waals surface area (Å²) in [5.41, 5.74) is -1.01. The monoisotopic (exact) mass is 360 g/mol. The van der Waals surface area contributed by atoms with Crippen LogP contribution in [-0.2, 0) is 4.79 Å². The van der Waals surface area contributed by atoms with Gasteiger partial charge in [0.15, 0.2) is 0 Å². The van der Waals surface area contributed by atoms with Crippen molar-refractivity contribution >= 4 is 33.6 Å². The van der Waals surface area contributed by atoms with Crippen molar-refractivity contribution in [1.29, 1.82) is 0 Å². The predicted molar refractivity (Wildman–Crippen MR) is 80.6 cm³/mol. The van der Waals surface area contributed by atoms with Gasteiger partial charge in [-0.2, -0.15) is 0 Å². The van der Waals surface area contributed by atoms with Gasteiger partial charge in [-0.25, -0.2) is 4.79 Å². The number of methoxy groups -OCH3 is 1. The summed E-state index contributed by atoms with van der Waals surface area (Å²) in [4.78, 5) is 22.2. The van der Waals surface area contributed by atoms with Gasteiger partial charge in [0, 0.05) is 18.3 Å². The molecule has 7 nitrogen and oxygen atoms in total. The van der Waals surface area contributed by atoms with Gasteiger partial charge in [0.05, 0.1) is 23.6 Å². The summed E-state index contributed by atoms with van der Waals surface area (Å²) in [5, 5.41) is 23.4. The molecule has 0 spiro atoms. The summed E-state index contributed by atoms with van der Waals surface area (Å²) in [6.07, 6.45) is -0.459. The number of rotatable bonds is 6. The molecule has 1 rings (SSSR count). The molecule has 0 aliphatic rings. The number of carbonyl (C=O) groups is 2. The van der Waals surface area contributed by atoms with Gasteiger partial charge < -0.3 is 25.6 Å². The van der Waals surface area contributed by atoms with Gasteiger partial charge in [-0.15, -0.1) is 0 Å². The molecule has 1 unspecified atom stereocenters. The first-order chi connectivity index (χ1) is 9.73. The average Bonchev–Trinajstić information content (AvgIpc) is 2.37. The number of amides is 2. The van der Waals surface area contributed by atoms with Crippen molar-refractivity contribution < 1.29 is 24.5 Å². The summed E-state index contributed by atoms with van der Waals surface area (Å²) in [6, 6.07) is 4.46. The highest BCUT2D eigenvalue weighted by Crippen LogP contribution is 2.27. The Morgan fingerprint density at radius 3 is 2.67 bits per heavy atom. The van der Waals surface area contributed by atoms with Crippen LogP contribution in [0.5, 0.6) is 5.75 Å². The molecule has 1 atom stereocenters. The van der Waals surface area contributed by atoms with Gasteiger partial charge in [-0.1, -0.05) is 0 Å². The average molecular weight is 361 g/mol. The number of carbonyl (C=O) groups excluding carboxylic acids is 1.